The second-order valence-electron chi connectivity index (χ2n) is 5.78. The predicted octanol–water partition coefficient (Wildman–Crippen LogP) is 3.04. The molecule has 0 radical (unpaired) electrons. The number of anilines is 1. The third kappa shape index (κ3) is 2.51. The molecular weight excluding hydrogens is 316 g/mol. The fraction of sp³-hybridized carbons (Fsp3) is 0.0500. The molecule has 0 bridgehead atoms. The largest absolute Gasteiger partial charge is 0.392 e. The van der Waals surface area contributed by atoms with E-state index >= 15 is 0 Å². The average Bonchev–Trinajstić information content (AvgIpc) is 2.94. The van der Waals surface area contributed by atoms with Gasteiger partial charge in [-0.1, -0.05) is 30.3 Å². The van der Waals surface area contributed by atoms with Crippen LogP contribution in [0.5, 0.6) is 0 Å². The first-order valence-electron chi connectivity index (χ1n) is 7.82. The summed E-state index contributed by atoms with van der Waals surface area (Å²) in [4.78, 5) is 29.0. The normalized spacial score (nSPS) is 11.8. The lowest BCUT2D eigenvalue weighted by molar-refractivity contribution is 0.102. The molecule has 0 aliphatic heterocycles. The van der Waals surface area contributed by atoms with E-state index in [1.807, 2.05) is 18.2 Å². The van der Waals surface area contributed by atoms with Crippen molar-refractivity contribution in [2.75, 3.05) is 5.32 Å². The number of nitrogens with one attached hydrogen (secondary N) is 1. The molecule has 0 spiro atoms. The van der Waals surface area contributed by atoms with Crippen molar-refractivity contribution in [3.05, 3.63) is 83.2 Å². The van der Waals surface area contributed by atoms with Gasteiger partial charge in [0, 0.05) is 28.5 Å². The lowest BCUT2D eigenvalue weighted by Crippen LogP contribution is -2.14. The van der Waals surface area contributed by atoms with Gasteiger partial charge in [-0.3, -0.25) is 14.6 Å². The van der Waals surface area contributed by atoms with E-state index in [-0.39, 0.29) is 18.3 Å². The molecule has 0 saturated heterocycles. The molecule has 1 aromatic heterocycles. The predicted molar refractivity (Wildman–Crippen MR) is 93.4 cm³/mol. The maximum atomic E-state index is 12.5. The molecule has 1 amide bonds. The van der Waals surface area contributed by atoms with Gasteiger partial charge in [0.05, 0.1) is 18.5 Å². The van der Waals surface area contributed by atoms with Crippen LogP contribution in [0.2, 0.25) is 0 Å². The molecule has 25 heavy (non-hydrogen) atoms. The number of carbonyl (C=O) groups excluding carboxylic acids is 2. The van der Waals surface area contributed by atoms with E-state index in [1.165, 1.54) is 6.20 Å². The average molecular weight is 330 g/mol. The Kier molecular flexibility index (Phi) is 3.63. The number of aliphatic hydroxyl groups excluding tert-OH is 1. The number of amides is 1. The summed E-state index contributed by atoms with van der Waals surface area (Å²) in [5.41, 5.74) is 4.33. The molecule has 1 heterocycles. The maximum Gasteiger partial charge on any atom is 0.255 e. The molecule has 1 aliphatic rings. The maximum absolute atomic E-state index is 12.5. The molecular formula is C20H14N2O3. The highest BCUT2D eigenvalue weighted by atomic mass is 16.3. The molecule has 5 nitrogen and oxygen atoms in total. The van der Waals surface area contributed by atoms with Crippen LogP contribution < -0.4 is 5.32 Å². The van der Waals surface area contributed by atoms with Gasteiger partial charge in [0.15, 0.2) is 5.78 Å². The Morgan fingerprint density at radius 2 is 1.76 bits per heavy atom. The Morgan fingerprint density at radius 1 is 1.00 bits per heavy atom. The van der Waals surface area contributed by atoms with Crippen LogP contribution in [0.4, 0.5) is 5.69 Å². The van der Waals surface area contributed by atoms with Crippen LogP contribution in [0.3, 0.4) is 0 Å². The second kappa shape index (κ2) is 5.96. The summed E-state index contributed by atoms with van der Waals surface area (Å²) in [7, 11) is 0. The third-order valence-corrected chi connectivity index (χ3v) is 4.32. The number of nitrogens with zero attached hydrogens (tertiary/aromatic N) is 1. The Morgan fingerprint density at radius 3 is 2.56 bits per heavy atom. The van der Waals surface area contributed by atoms with Gasteiger partial charge in [0.1, 0.15) is 0 Å². The van der Waals surface area contributed by atoms with E-state index in [0.717, 1.165) is 11.1 Å². The minimum atomic E-state index is -0.353. The number of rotatable bonds is 3. The molecule has 0 saturated carbocycles. The minimum absolute atomic E-state index is 0.0716. The van der Waals surface area contributed by atoms with Gasteiger partial charge in [-0.2, -0.15) is 0 Å². The van der Waals surface area contributed by atoms with Crippen molar-refractivity contribution in [2.45, 2.75) is 6.61 Å². The van der Waals surface area contributed by atoms with Gasteiger partial charge in [-0.15, -0.1) is 0 Å². The summed E-state index contributed by atoms with van der Waals surface area (Å²) in [5, 5.41) is 12.1. The highest BCUT2D eigenvalue weighted by Gasteiger charge is 2.27. The molecule has 122 valence electrons. The van der Waals surface area contributed by atoms with Gasteiger partial charge >= 0.3 is 0 Å². The zero-order chi connectivity index (χ0) is 17.4. The van der Waals surface area contributed by atoms with Crippen molar-refractivity contribution < 1.29 is 14.7 Å². The number of hydrogen-bond acceptors (Lipinski definition) is 4. The van der Waals surface area contributed by atoms with E-state index in [0.29, 0.717) is 27.9 Å². The topological polar surface area (TPSA) is 79.3 Å². The molecule has 2 N–H and O–H groups in total. The van der Waals surface area contributed by atoms with Crippen LogP contribution in [-0.4, -0.2) is 21.8 Å². The Labute approximate surface area is 144 Å². The summed E-state index contributed by atoms with van der Waals surface area (Å²) in [6.45, 7) is -0.198. The number of ketones is 1. The highest BCUT2D eigenvalue weighted by molar-refractivity contribution is 6.22. The number of aromatic nitrogens is 1. The van der Waals surface area contributed by atoms with Gasteiger partial charge < -0.3 is 10.4 Å². The lowest BCUT2D eigenvalue weighted by atomic mass is 10.0. The van der Waals surface area contributed by atoms with E-state index < -0.39 is 0 Å². The minimum Gasteiger partial charge on any atom is -0.392 e. The van der Waals surface area contributed by atoms with Gasteiger partial charge in [0.25, 0.3) is 5.91 Å². The number of aliphatic hydroxyl groups is 1. The van der Waals surface area contributed by atoms with E-state index in [1.54, 1.807) is 36.5 Å². The van der Waals surface area contributed by atoms with Crippen molar-refractivity contribution in [1.82, 2.24) is 4.98 Å². The number of benzene rings is 2. The van der Waals surface area contributed by atoms with Crippen molar-refractivity contribution in [3.8, 4) is 11.1 Å². The molecule has 0 unspecified atom stereocenters. The molecule has 0 atom stereocenters. The first kappa shape index (κ1) is 15.2. The van der Waals surface area contributed by atoms with Gasteiger partial charge in [-0.25, -0.2) is 0 Å². The number of fused-ring (bicyclic) bond motifs is 3. The number of carbonyl (C=O) groups is 2. The van der Waals surface area contributed by atoms with Crippen LogP contribution in [0.15, 0.2) is 60.9 Å². The van der Waals surface area contributed by atoms with E-state index in [9.17, 15) is 14.7 Å². The van der Waals surface area contributed by atoms with Crippen molar-refractivity contribution in [3.63, 3.8) is 0 Å². The SMILES string of the molecule is O=C(Nc1cnccc1CO)c1ccc2c(c1)C(=O)c1ccccc1-2. The van der Waals surface area contributed by atoms with Gasteiger partial charge in [-0.05, 0) is 29.3 Å². The fourth-order valence-electron chi connectivity index (χ4n) is 3.04. The summed E-state index contributed by atoms with van der Waals surface area (Å²) in [6, 6.07) is 14.2. The first-order chi connectivity index (χ1) is 12.2. The molecule has 4 rings (SSSR count). The van der Waals surface area contributed by atoms with Crippen molar-refractivity contribution >= 4 is 17.4 Å². The number of hydrogen-bond donors (Lipinski definition) is 2. The standard InChI is InChI=1S/C20H14N2O3/c23-11-13-7-8-21-10-18(13)22-20(25)12-5-6-15-14-3-1-2-4-16(14)19(24)17(15)9-12/h1-10,23H,11H2,(H,22,25). The second-order valence-corrected chi connectivity index (χ2v) is 5.78. The monoisotopic (exact) mass is 330 g/mol. The Balaban J connectivity index is 1.67. The van der Waals surface area contributed by atoms with Crippen LogP contribution in [0, 0.1) is 0 Å². The van der Waals surface area contributed by atoms with E-state index in [4.69, 9.17) is 0 Å². The van der Waals surface area contributed by atoms with Crippen LogP contribution in [0.25, 0.3) is 11.1 Å². The van der Waals surface area contributed by atoms with Crippen LogP contribution in [-0.2, 0) is 6.61 Å². The molecule has 2 aromatic carbocycles. The van der Waals surface area contributed by atoms with E-state index in [2.05, 4.69) is 10.3 Å². The van der Waals surface area contributed by atoms with Crippen molar-refractivity contribution in [2.24, 2.45) is 0 Å². The Hall–Kier alpha value is -3.31. The molecule has 5 heteroatoms. The zero-order valence-electron chi connectivity index (χ0n) is 13.2. The van der Waals surface area contributed by atoms with Crippen LogP contribution >= 0.6 is 0 Å². The molecule has 1 aliphatic carbocycles. The summed E-state index contributed by atoms with van der Waals surface area (Å²) >= 11 is 0. The molecule has 0 fully saturated rings. The quantitative estimate of drug-likeness (QED) is 0.605. The molecule has 3 aromatic rings. The fourth-order valence-corrected chi connectivity index (χ4v) is 3.04. The summed E-state index contributed by atoms with van der Waals surface area (Å²) in [5.74, 6) is -0.424. The highest BCUT2D eigenvalue weighted by Crippen LogP contribution is 2.36. The third-order valence-electron chi connectivity index (χ3n) is 4.32. The Bertz CT molecular complexity index is 1010. The lowest BCUT2D eigenvalue weighted by Gasteiger charge is -2.09. The van der Waals surface area contributed by atoms with Crippen molar-refractivity contribution in [1.29, 1.82) is 0 Å². The van der Waals surface area contributed by atoms with Crippen LogP contribution in [0.1, 0.15) is 31.8 Å². The smallest absolute Gasteiger partial charge is 0.255 e. The zero-order valence-corrected chi connectivity index (χ0v) is 13.2. The first-order valence-corrected chi connectivity index (χ1v) is 7.82. The number of pyridine rings is 1. The summed E-state index contributed by atoms with van der Waals surface area (Å²) < 4.78 is 0. The summed E-state index contributed by atoms with van der Waals surface area (Å²) in [6.07, 6.45) is 3.03. The van der Waals surface area contributed by atoms with Gasteiger partial charge in [0.2, 0.25) is 0 Å².